The zero-order valence-electron chi connectivity index (χ0n) is 17.5. The van der Waals surface area contributed by atoms with Crippen LogP contribution in [0.1, 0.15) is 42.5 Å². The molecule has 2 amide bonds. The summed E-state index contributed by atoms with van der Waals surface area (Å²) in [6, 6.07) is 15.4. The second-order valence-corrected chi connectivity index (χ2v) is 7.98. The molecule has 1 heterocycles. The van der Waals surface area contributed by atoms with Crippen LogP contribution in [0.25, 0.3) is 0 Å². The molecule has 1 aliphatic rings. The minimum absolute atomic E-state index is 0.0489. The molecule has 0 unspecified atom stereocenters. The average molecular weight is 394 g/mol. The Morgan fingerprint density at radius 1 is 1.10 bits per heavy atom. The van der Waals surface area contributed by atoms with E-state index in [1.165, 1.54) is 16.7 Å². The van der Waals surface area contributed by atoms with Crippen LogP contribution in [0.2, 0.25) is 0 Å². The van der Waals surface area contributed by atoms with Crippen LogP contribution in [0.4, 0.5) is 0 Å². The summed E-state index contributed by atoms with van der Waals surface area (Å²) in [7, 11) is 0. The predicted octanol–water partition coefficient (Wildman–Crippen LogP) is 2.86. The van der Waals surface area contributed by atoms with E-state index in [1.807, 2.05) is 57.2 Å². The van der Waals surface area contributed by atoms with E-state index < -0.39 is 6.04 Å². The second kappa shape index (κ2) is 9.70. The van der Waals surface area contributed by atoms with Gasteiger partial charge in [0.25, 0.3) is 0 Å². The smallest absolute Gasteiger partial charge is 0.243 e. The molecule has 0 bridgehead atoms. The maximum atomic E-state index is 12.9. The topological polar surface area (TPSA) is 70.2 Å². The molecule has 3 atom stereocenters. The monoisotopic (exact) mass is 393 g/mol. The van der Waals surface area contributed by atoms with Crippen molar-refractivity contribution in [2.75, 3.05) is 0 Å². The lowest BCUT2D eigenvalue weighted by molar-refractivity contribution is -0.131. The zero-order chi connectivity index (χ0) is 20.8. The van der Waals surface area contributed by atoms with Crippen molar-refractivity contribution in [3.63, 3.8) is 0 Å². The Bertz CT molecular complexity index is 847. The standard InChI is InChI=1S/C24H31N3O2/c1-4-17(3)22(24(29)26-14-18-11-9-16(2)10-12-18)27-23(28)21-13-19-7-5-6-8-20(19)15-25-21/h5-12,17,21-22,25H,4,13-15H2,1-3H3,(H,26,29)(H,27,28)/t17-,21+,22+/m0/s1. The summed E-state index contributed by atoms with van der Waals surface area (Å²) in [6.07, 6.45) is 1.45. The van der Waals surface area contributed by atoms with Crippen molar-refractivity contribution in [2.45, 2.75) is 58.8 Å². The second-order valence-electron chi connectivity index (χ2n) is 7.98. The molecule has 29 heavy (non-hydrogen) atoms. The number of carbonyl (C=O) groups is 2. The molecule has 3 rings (SSSR count). The summed E-state index contributed by atoms with van der Waals surface area (Å²) in [6.45, 7) is 7.19. The number of nitrogens with one attached hydrogen (secondary N) is 3. The van der Waals surface area contributed by atoms with Gasteiger partial charge in [0.05, 0.1) is 6.04 Å². The highest BCUT2D eigenvalue weighted by molar-refractivity contribution is 5.90. The molecule has 1 aliphatic heterocycles. The van der Waals surface area contributed by atoms with Crippen LogP contribution in [0.5, 0.6) is 0 Å². The first-order valence-electron chi connectivity index (χ1n) is 10.4. The molecule has 3 N–H and O–H groups in total. The molecular formula is C24H31N3O2. The third-order valence-corrected chi connectivity index (χ3v) is 5.78. The Labute approximate surface area is 173 Å². The van der Waals surface area contributed by atoms with E-state index >= 15 is 0 Å². The van der Waals surface area contributed by atoms with Crippen molar-refractivity contribution in [3.8, 4) is 0 Å². The number of fused-ring (bicyclic) bond motifs is 1. The molecule has 0 saturated carbocycles. The molecule has 5 nitrogen and oxygen atoms in total. The number of amides is 2. The molecule has 2 aromatic carbocycles. The highest BCUT2D eigenvalue weighted by Crippen LogP contribution is 2.17. The SMILES string of the molecule is CC[C@H](C)[C@@H](NC(=O)[C@H]1Cc2ccccc2CN1)C(=O)NCc1ccc(C)cc1. The molecule has 0 fully saturated rings. The van der Waals surface area contributed by atoms with Crippen molar-refractivity contribution in [1.29, 1.82) is 0 Å². The fourth-order valence-corrected chi connectivity index (χ4v) is 3.60. The number of rotatable bonds is 7. The lowest BCUT2D eigenvalue weighted by Crippen LogP contribution is -2.56. The molecule has 154 valence electrons. The maximum absolute atomic E-state index is 12.9. The van der Waals surface area contributed by atoms with Gasteiger partial charge in [-0.25, -0.2) is 0 Å². The van der Waals surface area contributed by atoms with Crippen LogP contribution in [-0.4, -0.2) is 23.9 Å². The van der Waals surface area contributed by atoms with Gasteiger partial charge in [-0.05, 0) is 36.0 Å². The lowest BCUT2D eigenvalue weighted by atomic mass is 9.94. The van der Waals surface area contributed by atoms with Crippen LogP contribution >= 0.6 is 0 Å². The molecule has 5 heteroatoms. The van der Waals surface area contributed by atoms with Gasteiger partial charge < -0.3 is 16.0 Å². The third-order valence-electron chi connectivity index (χ3n) is 5.78. The fraction of sp³-hybridized carbons (Fsp3) is 0.417. The predicted molar refractivity (Wildman–Crippen MR) is 115 cm³/mol. The summed E-state index contributed by atoms with van der Waals surface area (Å²) >= 11 is 0. The van der Waals surface area contributed by atoms with E-state index in [9.17, 15) is 9.59 Å². The number of hydrogen-bond acceptors (Lipinski definition) is 3. The summed E-state index contributed by atoms with van der Waals surface area (Å²) in [5.41, 5.74) is 4.65. The molecule has 0 saturated heterocycles. The van der Waals surface area contributed by atoms with Crippen molar-refractivity contribution in [2.24, 2.45) is 5.92 Å². The quantitative estimate of drug-likeness (QED) is 0.677. The van der Waals surface area contributed by atoms with Crippen LogP contribution in [0.15, 0.2) is 48.5 Å². The number of aryl methyl sites for hydroxylation is 1. The number of carbonyl (C=O) groups excluding carboxylic acids is 2. The van der Waals surface area contributed by atoms with E-state index in [4.69, 9.17) is 0 Å². The van der Waals surface area contributed by atoms with Gasteiger partial charge in [-0.15, -0.1) is 0 Å². The van der Waals surface area contributed by atoms with Gasteiger partial charge in [0.15, 0.2) is 0 Å². The van der Waals surface area contributed by atoms with E-state index in [0.29, 0.717) is 19.5 Å². The Hall–Kier alpha value is -2.66. The van der Waals surface area contributed by atoms with E-state index in [1.54, 1.807) is 0 Å². The van der Waals surface area contributed by atoms with Crippen molar-refractivity contribution < 1.29 is 9.59 Å². The Morgan fingerprint density at radius 3 is 2.48 bits per heavy atom. The molecular weight excluding hydrogens is 362 g/mol. The Kier molecular flexibility index (Phi) is 7.04. The third kappa shape index (κ3) is 5.45. The van der Waals surface area contributed by atoms with Crippen LogP contribution < -0.4 is 16.0 Å². The van der Waals surface area contributed by atoms with Gasteiger partial charge in [0.1, 0.15) is 6.04 Å². The highest BCUT2D eigenvalue weighted by atomic mass is 16.2. The summed E-state index contributed by atoms with van der Waals surface area (Å²) < 4.78 is 0. The minimum Gasteiger partial charge on any atom is -0.350 e. The van der Waals surface area contributed by atoms with Gasteiger partial charge in [0, 0.05) is 13.1 Å². The summed E-state index contributed by atoms with van der Waals surface area (Å²) in [5.74, 6) is -0.201. The van der Waals surface area contributed by atoms with Crippen molar-refractivity contribution in [3.05, 3.63) is 70.8 Å². The minimum atomic E-state index is -0.545. The number of benzene rings is 2. The summed E-state index contributed by atoms with van der Waals surface area (Å²) in [4.78, 5) is 25.8. The normalized spacial score (nSPS) is 17.7. The Morgan fingerprint density at radius 2 is 1.79 bits per heavy atom. The van der Waals surface area contributed by atoms with Crippen LogP contribution in [-0.2, 0) is 29.1 Å². The molecule has 0 aromatic heterocycles. The van der Waals surface area contributed by atoms with E-state index in [0.717, 1.165) is 12.0 Å². The molecule has 0 radical (unpaired) electrons. The van der Waals surface area contributed by atoms with E-state index in [-0.39, 0.29) is 23.8 Å². The Balaban J connectivity index is 1.61. The van der Waals surface area contributed by atoms with Gasteiger partial charge in [0.2, 0.25) is 11.8 Å². The molecule has 0 aliphatic carbocycles. The molecule has 2 aromatic rings. The summed E-state index contributed by atoms with van der Waals surface area (Å²) in [5, 5.41) is 9.28. The van der Waals surface area contributed by atoms with Crippen LogP contribution in [0, 0.1) is 12.8 Å². The maximum Gasteiger partial charge on any atom is 0.243 e. The van der Waals surface area contributed by atoms with Gasteiger partial charge in [-0.3, -0.25) is 9.59 Å². The molecule has 0 spiro atoms. The first-order valence-corrected chi connectivity index (χ1v) is 10.4. The van der Waals surface area contributed by atoms with Gasteiger partial charge >= 0.3 is 0 Å². The van der Waals surface area contributed by atoms with Gasteiger partial charge in [-0.1, -0.05) is 74.4 Å². The van der Waals surface area contributed by atoms with Crippen molar-refractivity contribution >= 4 is 11.8 Å². The zero-order valence-corrected chi connectivity index (χ0v) is 17.5. The first kappa shape index (κ1) is 21.1. The van der Waals surface area contributed by atoms with Gasteiger partial charge in [-0.2, -0.15) is 0 Å². The van der Waals surface area contributed by atoms with E-state index in [2.05, 4.69) is 28.1 Å². The number of hydrogen-bond donors (Lipinski definition) is 3. The first-order chi connectivity index (χ1) is 14.0. The van der Waals surface area contributed by atoms with Crippen LogP contribution in [0.3, 0.4) is 0 Å². The lowest BCUT2D eigenvalue weighted by Gasteiger charge is -2.29. The fourth-order valence-electron chi connectivity index (χ4n) is 3.60. The average Bonchev–Trinajstić information content (AvgIpc) is 2.75. The van der Waals surface area contributed by atoms with Crippen molar-refractivity contribution in [1.82, 2.24) is 16.0 Å². The largest absolute Gasteiger partial charge is 0.350 e. The highest BCUT2D eigenvalue weighted by Gasteiger charge is 2.30.